The molecule has 0 aliphatic carbocycles. The van der Waals surface area contributed by atoms with Gasteiger partial charge in [-0.25, -0.2) is 4.79 Å². The minimum atomic E-state index is -0.179. The van der Waals surface area contributed by atoms with Crippen molar-refractivity contribution in [1.29, 1.82) is 0 Å². The first-order valence-corrected chi connectivity index (χ1v) is 8.38. The Hall–Kier alpha value is -2.83. The van der Waals surface area contributed by atoms with Gasteiger partial charge in [-0.15, -0.1) is 0 Å². The van der Waals surface area contributed by atoms with Crippen molar-refractivity contribution in [3.63, 3.8) is 0 Å². The lowest BCUT2D eigenvalue weighted by Gasteiger charge is -2.34. The Morgan fingerprint density at radius 3 is 2.84 bits per heavy atom. The minimum absolute atomic E-state index is 0.00972. The molecule has 0 saturated carbocycles. The third kappa shape index (κ3) is 4.37. The van der Waals surface area contributed by atoms with Crippen LogP contribution in [0.4, 0.5) is 4.79 Å². The van der Waals surface area contributed by atoms with Gasteiger partial charge in [-0.05, 0) is 25.0 Å². The largest absolute Gasteiger partial charge is 0.364 e. The lowest BCUT2D eigenvalue weighted by Crippen LogP contribution is -2.52. The summed E-state index contributed by atoms with van der Waals surface area (Å²) >= 11 is 0. The van der Waals surface area contributed by atoms with Crippen molar-refractivity contribution in [1.82, 2.24) is 20.3 Å². The first-order valence-electron chi connectivity index (χ1n) is 8.38. The topological polar surface area (TPSA) is 78.7 Å². The number of nitrogens with zero attached hydrogens (tertiary/aromatic N) is 3. The molecule has 1 aromatic heterocycles. The molecule has 1 saturated heterocycles. The molecule has 2 heterocycles. The van der Waals surface area contributed by atoms with Gasteiger partial charge in [-0.2, -0.15) is 0 Å². The Kier molecular flexibility index (Phi) is 5.33. The number of nitrogens with one attached hydrogen (secondary N) is 1. The zero-order chi connectivity index (χ0) is 17.6. The van der Waals surface area contributed by atoms with Gasteiger partial charge < -0.3 is 19.6 Å². The van der Waals surface area contributed by atoms with Gasteiger partial charge in [0.2, 0.25) is 0 Å². The molecule has 1 fully saturated rings. The molecule has 1 aliphatic heterocycles. The van der Waals surface area contributed by atoms with Crippen LogP contribution in [0.25, 0.3) is 0 Å². The summed E-state index contributed by atoms with van der Waals surface area (Å²) < 4.78 is 4.78. The molecular formula is C18H22N4O3. The van der Waals surface area contributed by atoms with Crippen molar-refractivity contribution in [2.75, 3.05) is 20.1 Å². The lowest BCUT2D eigenvalue weighted by atomic mass is 10.0. The lowest BCUT2D eigenvalue weighted by molar-refractivity contribution is 0.0695. The number of carbonyl (C=O) groups excluding carboxylic acids is 2. The molecule has 1 atom stereocenters. The smallest absolute Gasteiger partial charge is 0.317 e. The van der Waals surface area contributed by atoms with Crippen molar-refractivity contribution in [2.24, 2.45) is 0 Å². The Labute approximate surface area is 146 Å². The highest BCUT2D eigenvalue weighted by Gasteiger charge is 2.26. The van der Waals surface area contributed by atoms with Gasteiger partial charge in [0.15, 0.2) is 0 Å². The monoisotopic (exact) mass is 342 g/mol. The van der Waals surface area contributed by atoms with Crippen LogP contribution in [0.15, 0.2) is 47.2 Å². The summed E-state index contributed by atoms with van der Waals surface area (Å²) in [6.45, 7) is 1.62. The number of urea groups is 1. The van der Waals surface area contributed by atoms with Crippen molar-refractivity contribution in [2.45, 2.75) is 25.4 Å². The SMILES string of the molecule is CN(Cc1ccon1)C(=O)N[C@@H]1CCCN(C(=O)c2ccccc2)C1. The Bertz CT molecular complexity index is 702. The molecule has 0 radical (unpaired) electrons. The van der Waals surface area contributed by atoms with E-state index >= 15 is 0 Å². The number of amides is 3. The second-order valence-electron chi connectivity index (χ2n) is 6.25. The van der Waals surface area contributed by atoms with E-state index < -0.39 is 0 Å². The molecule has 0 spiro atoms. The fourth-order valence-electron chi connectivity index (χ4n) is 2.96. The quantitative estimate of drug-likeness (QED) is 0.923. The molecular weight excluding hydrogens is 320 g/mol. The molecule has 25 heavy (non-hydrogen) atoms. The van der Waals surface area contributed by atoms with E-state index in [0.29, 0.717) is 24.3 Å². The van der Waals surface area contributed by atoms with E-state index in [1.807, 2.05) is 30.3 Å². The summed E-state index contributed by atoms with van der Waals surface area (Å²) in [5.41, 5.74) is 1.37. The van der Waals surface area contributed by atoms with Gasteiger partial charge in [0, 0.05) is 37.8 Å². The van der Waals surface area contributed by atoms with Crippen LogP contribution >= 0.6 is 0 Å². The predicted molar refractivity (Wildman–Crippen MR) is 91.9 cm³/mol. The first-order chi connectivity index (χ1) is 12.1. The van der Waals surface area contributed by atoms with Crippen LogP contribution in [0, 0.1) is 0 Å². The maximum atomic E-state index is 12.6. The highest BCUT2D eigenvalue weighted by molar-refractivity contribution is 5.94. The van der Waals surface area contributed by atoms with Crippen LogP contribution in [0.5, 0.6) is 0 Å². The van der Waals surface area contributed by atoms with Gasteiger partial charge >= 0.3 is 6.03 Å². The average molecular weight is 342 g/mol. The number of hydrogen-bond donors (Lipinski definition) is 1. The van der Waals surface area contributed by atoms with Crippen LogP contribution in [-0.4, -0.2) is 53.1 Å². The molecule has 1 aliphatic rings. The molecule has 3 rings (SSSR count). The maximum Gasteiger partial charge on any atom is 0.317 e. The molecule has 132 valence electrons. The predicted octanol–water partition coefficient (Wildman–Crippen LogP) is 2.12. The van der Waals surface area contributed by atoms with Crippen molar-refractivity contribution < 1.29 is 14.1 Å². The summed E-state index contributed by atoms with van der Waals surface area (Å²) in [6, 6.07) is 10.7. The number of aromatic nitrogens is 1. The van der Waals surface area contributed by atoms with Crippen molar-refractivity contribution in [3.8, 4) is 0 Å². The molecule has 3 amide bonds. The molecule has 7 heteroatoms. The number of carbonyl (C=O) groups is 2. The first kappa shape index (κ1) is 17.0. The number of rotatable bonds is 4. The maximum absolute atomic E-state index is 12.6. The van der Waals surface area contributed by atoms with Crippen molar-refractivity contribution in [3.05, 3.63) is 53.9 Å². The van der Waals surface area contributed by atoms with Gasteiger partial charge in [0.1, 0.15) is 12.0 Å². The zero-order valence-electron chi connectivity index (χ0n) is 14.2. The number of likely N-dealkylation sites (tertiary alicyclic amines) is 1. The van der Waals surface area contributed by atoms with Crippen LogP contribution in [0.3, 0.4) is 0 Å². The Morgan fingerprint density at radius 2 is 2.12 bits per heavy atom. The molecule has 2 aromatic rings. The van der Waals surface area contributed by atoms with E-state index in [0.717, 1.165) is 19.4 Å². The number of benzene rings is 1. The third-order valence-corrected chi connectivity index (χ3v) is 4.29. The van der Waals surface area contributed by atoms with Crippen LogP contribution in [0.2, 0.25) is 0 Å². The van der Waals surface area contributed by atoms with Gasteiger partial charge in [-0.1, -0.05) is 23.4 Å². The standard InChI is InChI=1S/C18H22N4O3/c1-21(12-16-9-11-25-20-16)18(24)19-15-8-5-10-22(13-15)17(23)14-6-3-2-4-7-14/h2-4,6-7,9,11,15H,5,8,10,12-13H2,1H3,(H,19,24)/t15-/m1/s1. The second-order valence-corrected chi connectivity index (χ2v) is 6.25. The highest BCUT2D eigenvalue weighted by Crippen LogP contribution is 2.14. The van der Waals surface area contributed by atoms with E-state index in [9.17, 15) is 9.59 Å². The van der Waals surface area contributed by atoms with Crippen molar-refractivity contribution >= 4 is 11.9 Å². The van der Waals surface area contributed by atoms with Gasteiger partial charge in [0.25, 0.3) is 5.91 Å². The van der Waals surface area contributed by atoms with E-state index in [4.69, 9.17) is 4.52 Å². The summed E-state index contributed by atoms with van der Waals surface area (Å²) in [5, 5.41) is 6.81. The van der Waals surface area contributed by atoms with Crippen LogP contribution < -0.4 is 5.32 Å². The average Bonchev–Trinajstić information content (AvgIpc) is 3.15. The van der Waals surface area contributed by atoms with E-state index in [1.165, 1.54) is 6.26 Å². The summed E-state index contributed by atoms with van der Waals surface area (Å²) in [7, 11) is 1.71. The van der Waals surface area contributed by atoms with E-state index in [-0.39, 0.29) is 18.0 Å². The molecule has 0 bridgehead atoms. The molecule has 7 nitrogen and oxygen atoms in total. The van der Waals surface area contributed by atoms with Gasteiger partial charge in [-0.3, -0.25) is 4.79 Å². The zero-order valence-corrected chi connectivity index (χ0v) is 14.2. The molecule has 1 aromatic carbocycles. The summed E-state index contributed by atoms with van der Waals surface area (Å²) in [6.07, 6.45) is 3.22. The summed E-state index contributed by atoms with van der Waals surface area (Å²) in [4.78, 5) is 28.3. The van der Waals surface area contributed by atoms with Crippen LogP contribution in [0.1, 0.15) is 28.9 Å². The normalized spacial score (nSPS) is 17.2. The Balaban J connectivity index is 1.54. The minimum Gasteiger partial charge on any atom is -0.364 e. The fourth-order valence-corrected chi connectivity index (χ4v) is 2.96. The Morgan fingerprint density at radius 1 is 1.32 bits per heavy atom. The highest BCUT2D eigenvalue weighted by atomic mass is 16.5. The third-order valence-electron chi connectivity index (χ3n) is 4.29. The number of piperidine rings is 1. The van der Waals surface area contributed by atoms with E-state index in [1.54, 1.807) is 22.9 Å². The van der Waals surface area contributed by atoms with Crippen LogP contribution in [-0.2, 0) is 6.54 Å². The fraction of sp³-hybridized carbons (Fsp3) is 0.389. The van der Waals surface area contributed by atoms with Gasteiger partial charge in [0.05, 0.1) is 6.54 Å². The summed E-state index contributed by atoms with van der Waals surface area (Å²) in [5.74, 6) is 0.00972. The molecule has 0 unspecified atom stereocenters. The van der Waals surface area contributed by atoms with E-state index in [2.05, 4.69) is 10.5 Å². The second kappa shape index (κ2) is 7.83. The molecule has 1 N–H and O–H groups in total. The number of hydrogen-bond acceptors (Lipinski definition) is 4.